The summed E-state index contributed by atoms with van der Waals surface area (Å²) in [6.45, 7) is 1.96. The number of hydrogen-bond donors (Lipinski definition) is 1. The second kappa shape index (κ2) is 3.74. The van der Waals surface area contributed by atoms with E-state index in [0.717, 1.165) is 5.56 Å². The third-order valence-electron chi connectivity index (χ3n) is 3.43. The predicted octanol–water partition coefficient (Wildman–Crippen LogP) is 1.77. The molecule has 3 atom stereocenters. The number of allylic oxidation sites excluding steroid dienone is 3. The summed E-state index contributed by atoms with van der Waals surface area (Å²) in [6, 6.07) is 8.39. The molecule has 1 N–H and O–H groups in total. The van der Waals surface area contributed by atoms with Crippen molar-refractivity contribution >= 4 is 24.5 Å². The van der Waals surface area contributed by atoms with Crippen LogP contribution in [0.5, 0.6) is 0 Å². The minimum absolute atomic E-state index is 0.217. The Balaban J connectivity index is 2.15. The van der Waals surface area contributed by atoms with Gasteiger partial charge in [-0.2, -0.15) is 0 Å². The third kappa shape index (κ3) is 1.49. The molecule has 1 aromatic rings. The first-order chi connectivity index (χ1) is 7.69. The van der Waals surface area contributed by atoms with E-state index in [1.807, 2.05) is 13.0 Å². The maximum atomic E-state index is 10.8. The quantitative estimate of drug-likeness (QED) is 0.721. The molecule has 0 radical (unpaired) electrons. The fourth-order valence-corrected chi connectivity index (χ4v) is 6.87. The first-order valence-electron chi connectivity index (χ1n) is 5.53. The van der Waals surface area contributed by atoms with Gasteiger partial charge < -0.3 is 0 Å². The molecule has 2 aliphatic rings. The molecule has 0 bridgehead atoms. The zero-order valence-electron chi connectivity index (χ0n) is 9.13. The van der Waals surface area contributed by atoms with Gasteiger partial charge in [-0.05, 0) is 0 Å². The van der Waals surface area contributed by atoms with Gasteiger partial charge in [-0.3, -0.25) is 0 Å². The molecule has 0 aromatic heterocycles. The Morgan fingerprint density at radius 2 is 1.94 bits per heavy atom. The van der Waals surface area contributed by atoms with Crippen LogP contribution in [0.1, 0.15) is 12.5 Å². The zero-order chi connectivity index (χ0) is 11.2. The molecule has 1 nitrogen and oxygen atoms in total. The molecule has 1 aliphatic carbocycles. The first kappa shape index (κ1) is 10.6. The monoisotopic (exact) mass is 328 g/mol. The summed E-state index contributed by atoms with van der Waals surface area (Å²) in [5, 5.41) is 10.8. The molecule has 3 rings (SSSR count). The van der Waals surface area contributed by atoms with E-state index in [-0.39, 0.29) is 26.8 Å². The third-order valence-corrected chi connectivity index (χ3v) is 7.23. The van der Waals surface area contributed by atoms with Crippen molar-refractivity contribution in [1.82, 2.24) is 0 Å². The standard InChI is InChI=1S/C14H14OTe/c1-14(15)10-6-2-4-8-12(10)16-13-9-5-3-7-11(13)14/h2-10,12,15H,1H3. The topological polar surface area (TPSA) is 20.2 Å². The van der Waals surface area contributed by atoms with Crippen LogP contribution in [0, 0.1) is 5.92 Å². The molecular formula is C14H14OTe. The van der Waals surface area contributed by atoms with Crippen LogP contribution in [0.25, 0.3) is 0 Å². The van der Waals surface area contributed by atoms with Gasteiger partial charge >= 0.3 is 106 Å². The van der Waals surface area contributed by atoms with Crippen LogP contribution >= 0.6 is 0 Å². The van der Waals surface area contributed by atoms with Crippen LogP contribution in [0.3, 0.4) is 0 Å². The van der Waals surface area contributed by atoms with Crippen molar-refractivity contribution in [2.75, 3.05) is 0 Å². The summed E-state index contributed by atoms with van der Waals surface area (Å²) in [7, 11) is 0. The molecule has 1 aromatic carbocycles. The van der Waals surface area contributed by atoms with Crippen LogP contribution in [-0.2, 0) is 5.60 Å². The molecule has 0 spiro atoms. The fourth-order valence-electron chi connectivity index (χ4n) is 2.52. The van der Waals surface area contributed by atoms with Gasteiger partial charge in [-0.25, -0.2) is 0 Å². The minimum atomic E-state index is -0.703. The van der Waals surface area contributed by atoms with Crippen molar-refractivity contribution in [3.8, 4) is 0 Å². The van der Waals surface area contributed by atoms with Gasteiger partial charge in [0.25, 0.3) is 0 Å². The zero-order valence-corrected chi connectivity index (χ0v) is 11.5. The van der Waals surface area contributed by atoms with Gasteiger partial charge in [0.15, 0.2) is 0 Å². The average Bonchev–Trinajstić information content (AvgIpc) is 2.29. The second-order valence-corrected chi connectivity index (χ2v) is 8.00. The van der Waals surface area contributed by atoms with E-state index in [9.17, 15) is 5.11 Å². The van der Waals surface area contributed by atoms with Crippen molar-refractivity contribution in [2.24, 2.45) is 5.92 Å². The van der Waals surface area contributed by atoms with Crippen LogP contribution < -0.4 is 3.61 Å². The van der Waals surface area contributed by atoms with Gasteiger partial charge in [-0.15, -0.1) is 0 Å². The molecule has 1 aliphatic heterocycles. The van der Waals surface area contributed by atoms with Gasteiger partial charge in [0.1, 0.15) is 0 Å². The first-order valence-corrected chi connectivity index (χ1v) is 8.04. The van der Waals surface area contributed by atoms with E-state index in [0.29, 0.717) is 3.97 Å². The van der Waals surface area contributed by atoms with Crippen molar-refractivity contribution in [2.45, 2.75) is 16.5 Å². The summed E-state index contributed by atoms with van der Waals surface area (Å²) < 4.78 is 1.99. The average molecular weight is 326 g/mol. The van der Waals surface area contributed by atoms with Crippen molar-refractivity contribution < 1.29 is 5.11 Å². The summed E-state index contributed by atoms with van der Waals surface area (Å²) in [5.74, 6) is 0.273. The van der Waals surface area contributed by atoms with Crippen molar-refractivity contribution in [1.29, 1.82) is 0 Å². The van der Waals surface area contributed by atoms with Gasteiger partial charge in [-0.1, -0.05) is 0 Å². The molecule has 82 valence electrons. The van der Waals surface area contributed by atoms with Crippen molar-refractivity contribution in [3.05, 3.63) is 54.1 Å². The van der Waals surface area contributed by atoms with Crippen LogP contribution in [0.4, 0.5) is 0 Å². The van der Waals surface area contributed by atoms with E-state index in [1.165, 1.54) is 3.61 Å². The molecular weight excluding hydrogens is 312 g/mol. The molecule has 1 heterocycles. The number of rotatable bonds is 0. The second-order valence-electron chi connectivity index (χ2n) is 4.52. The number of benzene rings is 1. The molecule has 3 unspecified atom stereocenters. The van der Waals surface area contributed by atoms with E-state index >= 15 is 0 Å². The molecule has 0 amide bonds. The van der Waals surface area contributed by atoms with Gasteiger partial charge in [0, 0.05) is 0 Å². The molecule has 16 heavy (non-hydrogen) atoms. The predicted molar refractivity (Wildman–Crippen MR) is 66.9 cm³/mol. The Kier molecular flexibility index (Phi) is 2.47. The maximum absolute atomic E-state index is 10.8. The SMILES string of the molecule is CC1(O)c2ccccc2[Te]C2C=CC=CC21. The molecule has 0 saturated heterocycles. The molecule has 2 heteroatoms. The Bertz CT molecular complexity index is 473. The normalized spacial score (nSPS) is 35.6. The summed E-state index contributed by atoms with van der Waals surface area (Å²) in [6.07, 6.45) is 8.63. The van der Waals surface area contributed by atoms with Crippen LogP contribution in [0.2, 0.25) is 3.97 Å². The summed E-state index contributed by atoms with van der Waals surface area (Å²) >= 11 is -0.217. The Morgan fingerprint density at radius 1 is 1.19 bits per heavy atom. The summed E-state index contributed by atoms with van der Waals surface area (Å²) in [4.78, 5) is 0. The van der Waals surface area contributed by atoms with E-state index in [1.54, 1.807) is 0 Å². The fraction of sp³-hybridized carbons (Fsp3) is 0.286. The van der Waals surface area contributed by atoms with E-state index < -0.39 is 5.60 Å². The Hall–Kier alpha value is -0.550. The van der Waals surface area contributed by atoms with E-state index in [2.05, 4.69) is 42.5 Å². The van der Waals surface area contributed by atoms with Crippen LogP contribution in [0.15, 0.2) is 48.6 Å². The van der Waals surface area contributed by atoms with Crippen molar-refractivity contribution in [3.63, 3.8) is 0 Å². The van der Waals surface area contributed by atoms with Crippen LogP contribution in [-0.4, -0.2) is 26.0 Å². The molecule has 0 saturated carbocycles. The summed E-state index contributed by atoms with van der Waals surface area (Å²) in [5.41, 5.74) is 0.449. The Labute approximate surface area is 106 Å². The van der Waals surface area contributed by atoms with Gasteiger partial charge in [0.05, 0.1) is 0 Å². The van der Waals surface area contributed by atoms with E-state index in [4.69, 9.17) is 0 Å². The Morgan fingerprint density at radius 3 is 2.81 bits per heavy atom. The number of hydrogen-bond acceptors (Lipinski definition) is 1. The molecule has 0 fully saturated rings. The number of aliphatic hydroxyl groups is 1. The number of fused-ring (bicyclic) bond motifs is 2. The van der Waals surface area contributed by atoms with Gasteiger partial charge in [0.2, 0.25) is 0 Å².